The summed E-state index contributed by atoms with van der Waals surface area (Å²) in [5.41, 5.74) is 0. The van der Waals surface area contributed by atoms with Crippen LogP contribution in [-0.4, -0.2) is 56.7 Å². The van der Waals surface area contributed by atoms with Crippen LogP contribution in [0.25, 0.3) is 0 Å². The summed E-state index contributed by atoms with van der Waals surface area (Å²) >= 11 is 0. The summed E-state index contributed by atoms with van der Waals surface area (Å²) in [6.07, 6.45) is 10.7. The van der Waals surface area contributed by atoms with Gasteiger partial charge >= 0.3 is 0 Å². The van der Waals surface area contributed by atoms with E-state index in [1.807, 2.05) is 24.4 Å². The normalized spacial score (nSPS) is 23.1. The first kappa shape index (κ1) is 19.5. The fourth-order valence-electron chi connectivity index (χ4n) is 5.35. The van der Waals surface area contributed by atoms with Crippen molar-refractivity contribution in [1.82, 2.24) is 24.6 Å². The third-order valence-corrected chi connectivity index (χ3v) is 7.05. The first-order chi connectivity index (χ1) is 14.8. The van der Waals surface area contributed by atoms with Crippen molar-refractivity contribution >= 4 is 11.7 Å². The van der Waals surface area contributed by atoms with Crippen molar-refractivity contribution in [2.24, 2.45) is 5.92 Å². The van der Waals surface area contributed by atoms with Crippen LogP contribution in [0.5, 0.6) is 0 Å². The van der Waals surface area contributed by atoms with Gasteiger partial charge < -0.3 is 14.4 Å². The average Bonchev–Trinajstić information content (AvgIpc) is 3.07. The molecule has 0 spiro atoms. The Hall–Kier alpha value is -2.44. The number of pyridine rings is 1. The highest BCUT2D eigenvalue weighted by molar-refractivity contribution is 5.80. The number of hydrogen-bond donors (Lipinski definition) is 0. The lowest BCUT2D eigenvalue weighted by Gasteiger charge is -2.38. The van der Waals surface area contributed by atoms with Gasteiger partial charge in [0.1, 0.15) is 17.5 Å². The Kier molecular flexibility index (Phi) is 5.69. The van der Waals surface area contributed by atoms with E-state index in [9.17, 15) is 4.79 Å². The van der Waals surface area contributed by atoms with E-state index in [1.54, 1.807) is 0 Å². The van der Waals surface area contributed by atoms with Gasteiger partial charge in [-0.25, -0.2) is 4.98 Å². The Balaban J connectivity index is 1.20. The molecule has 0 N–H and O–H groups in total. The molecule has 2 aromatic heterocycles. The Morgan fingerprint density at radius 1 is 0.933 bits per heavy atom. The number of carbonyl (C=O) groups is 1. The number of aryl methyl sites for hydroxylation is 1. The highest BCUT2D eigenvalue weighted by Crippen LogP contribution is 2.31. The Morgan fingerprint density at radius 3 is 2.67 bits per heavy atom. The molecule has 2 aromatic rings. The second-order valence-corrected chi connectivity index (χ2v) is 9.01. The first-order valence-corrected chi connectivity index (χ1v) is 11.7. The summed E-state index contributed by atoms with van der Waals surface area (Å²) in [6.45, 7) is 4.51. The molecule has 0 unspecified atom stereocenters. The summed E-state index contributed by atoms with van der Waals surface area (Å²) in [5.74, 6) is 4.16. The van der Waals surface area contributed by atoms with Crippen molar-refractivity contribution in [3.05, 3.63) is 36.0 Å². The van der Waals surface area contributed by atoms with E-state index >= 15 is 0 Å². The number of fused-ring (bicyclic) bond motifs is 1. The SMILES string of the molecule is O=C([C@H]1CCCN(c2ccccn2)C1)N1CCC(c2nnc3n2CCCCC3)CC1. The maximum Gasteiger partial charge on any atom is 0.227 e. The Bertz CT molecular complexity index is 858. The molecule has 0 radical (unpaired) electrons. The number of carbonyl (C=O) groups excluding carboxylic acids is 1. The minimum atomic E-state index is 0.0849. The third-order valence-electron chi connectivity index (χ3n) is 7.05. The van der Waals surface area contributed by atoms with Crippen LogP contribution < -0.4 is 4.90 Å². The monoisotopic (exact) mass is 408 g/mol. The largest absolute Gasteiger partial charge is 0.356 e. The van der Waals surface area contributed by atoms with Gasteiger partial charge in [0.05, 0.1) is 5.92 Å². The number of anilines is 1. The molecule has 2 saturated heterocycles. The molecule has 1 atom stereocenters. The van der Waals surface area contributed by atoms with Gasteiger partial charge in [0.2, 0.25) is 5.91 Å². The highest BCUT2D eigenvalue weighted by Gasteiger charge is 2.33. The van der Waals surface area contributed by atoms with Crippen LogP contribution in [0.2, 0.25) is 0 Å². The van der Waals surface area contributed by atoms with Crippen LogP contribution >= 0.6 is 0 Å². The number of hydrogen-bond acceptors (Lipinski definition) is 5. The maximum absolute atomic E-state index is 13.2. The summed E-state index contributed by atoms with van der Waals surface area (Å²) in [5, 5.41) is 9.04. The second-order valence-electron chi connectivity index (χ2n) is 9.01. The predicted molar refractivity (Wildman–Crippen MR) is 115 cm³/mol. The molecule has 5 heterocycles. The number of likely N-dealkylation sites (tertiary alicyclic amines) is 1. The summed E-state index contributed by atoms with van der Waals surface area (Å²) in [6, 6.07) is 6.00. The van der Waals surface area contributed by atoms with E-state index in [2.05, 4.69) is 29.5 Å². The minimum Gasteiger partial charge on any atom is -0.356 e. The molecular weight excluding hydrogens is 376 g/mol. The van der Waals surface area contributed by atoms with Gasteiger partial charge in [-0.1, -0.05) is 12.5 Å². The second kappa shape index (κ2) is 8.74. The smallest absolute Gasteiger partial charge is 0.227 e. The minimum absolute atomic E-state index is 0.0849. The van der Waals surface area contributed by atoms with E-state index < -0.39 is 0 Å². The zero-order valence-electron chi connectivity index (χ0n) is 17.7. The van der Waals surface area contributed by atoms with Gasteiger partial charge in [0, 0.05) is 51.3 Å². The molecule has 7 nitrogen and oxygen atoms in total. The molecule has 3 aliphatic heterocycles. The lowest BCUT2D eigenvalue weighted by Crippen LogP contribution is -2.47. The molecule has 0 aromatic carbocycles. The molecule has 5 rings (SSSR count). The van der Waals surface area contributed by atoms with Crippen LogP contribution in [0.15, 0.2) is 24.4 Å². The molecule has 3 aliphatic rings. The lowest BCUT2D eigenvalue weighted by molar-refractivity contribution is -0.136. The number of rotatable bonds is 3. The van der Waals surface area contributed by atoms with Crippen molar-refractivity contribution in [1.29, 1.82) is 0 Å². The topological polar surface area (TPSA) is 67.2 Å². The van der Waals surface area contributed by atoms with Crippen molar-refractivity contribution in [2.45, 2.75) is 63.8 Å². The van der Waals surface area contributed by atoms with Crippen LogP contribution in [0.1, 0.15) is 62.5 Å². The van der Waals surface area contributed by atoms with Crippen LogP contribution in [0, 0.1) is 5.92 Å². The third kappa shape index (κ3) is 3.94. The number of amides is 1. The average molecular weight is 409 g/mol. The molecule has 7 heteroatoms. The van der Waals surface area contributed by atoms with E-state index in [-0.39, 0.29) is 5.92 Å². The quantitative estimate of drug-likeness (QED) is 0.781. The van der Waals surface area contributed by atoms with Crippen LogP contribution in [-0.2, 0) is 17.8 Å². The predicted octanol–water partition coefficient (Wildman–Crippen LogP) is 3.02. The van der Waals surface area contributed by atoms with E-state index in [0.29, 0.717) is 11.8 Å². The summed E-state index contributed by atoms with van der Waals surface area (Å²) in [4.78, 5) is 22.1. The molecule has 0 bridgehead atoms. The van der Waals surface area contributed by atoms with Gasteiger partial charge in [-0.15, -0.1) is 10.2 Å². The van der Waals surface area contributed by atoms with E-state index in [0.717, 1.165) is 82.3 Å². The van der Waals surface area contributed by atoms with Gasteiger partial charge in [0.25, 0.3) is 0 Å². The van der Waals surface area contributed by atoms with Gasteiger partial charge in [-0.05, 0) is 50.7 Å². The fourth-order valence-corrected chi connectivity index (χ4v) is 5.35. The van der Waals surface area contributed by atoms with Crippen molar-refractivity contribution < 1.29 is 4.79 Å². The van der Waals surface area contributed by atoms with Crippen LogP contribution in [0.3, 0.4) is 0 Å². The summed E-state index contributed by atoms with van der Waals surface area (Å²) in [7, 11) is 0. The van der Waals surface area contributed by atoms with Gasteiger partial charge in [-0.2, -0.15) is 0 Å². The fraction of sp³-hybridized carbons (Fsp3) is 0.652. The Labute approximate surface area is 178 Å². The molecule has 1 amide bonds. The Morgan fingerprint density at radius 2 is 1.83 bits per heavy atom. The highest BCUT2D eigenvalue weighted by atomic mass is 16.2. The maximum atomic E-state index is 13.2. The molecular formula is C23H32N6O. The molecule has 0 saturated carbocycles. The standard InChI is InChI=1S/C23H32N6O/c30-23(19-7-6-13-28(17-19)20-8-3-4-12-24-20)27-15-10-18(11-16-27)22-26-25-21-9-2-1-5-14-29(21)22/h3-4,8,12,18-19H,1-2,5-7,9-11,13-17H2/t19-/m0/s1. The number of aromatic nitrogens is 4. The molecule has 2 fully saturated rings. The van der Waals surface area contributed by atoms with Crippen molar-refractivity contribution in [2.75, 3.05) is 31.1 Å². The van der Waals surface area contributed by atoms with Gasteiger partial charge in [0.15, 0.2) is 0 Å². The molecule has 160 valence electrons. The van der Waals surface area contributed by atoms with Gasteiger partial charge in [-0.3, -0.25) is 4.79 Å². The first-order valence-electron chi connectivity index (χ1n) is 11.7. The zero-order chi connectivity index (χ0) is 20.3. The van der Waals surface area contributed by atoms with Crippen molar-refractivity contribution in [3.63, 3.8) is 0 Å². The van der Waals surface area contributed by atoms with E-state index in [4.69, 9.17) is 0 Å². The van der Waals surface area contributed by atoms with Crippen LogP contribution in [0.4, 0.5) is 5.82 Å². The number of nitrogens with zero attached hydrogens (tertiary/aromatic N) is 6. The summed E-state index contributed by atoms with van der Waals surface area (Å²) < 4.78 is 2.38. The van der Waals surface area contributed by atoms with Crippen molar-refractivity contribution in [3.8, 4) is 0 Å². The number of piperidine rings is 2. The molecule has 0 aliphatic carbocycles. The zero-order valence-corrected chi connectivity index (χ0v) is 17.7. The lowest BCUT2D eigenvalue weighted by atomic mass is 9.92. The molecule has 30 heavy (non-hydrogen) atoms. The van der Waals surface area contributed by atoms with E-state index in [1.165, 1.54) is 19.3 Å².